The predicted molar refractivity (Wildman–Crippen MR) is 103 cm³/mol. The minimum Gasteiger partial charge on any atom is -0.378 e. The van der Waals surface area contributed by atoms with Crippen molar-refractivity contribution in [2.75, 3.05) is 38.0 Å². The van der Waals surface area contributed by atoms with Gasteiger partial charge in [0.15, 0.2) is 0 Å². The standard InChI is InChI=1S/C21H28N2O/c1-6-16(15-24)21(17-7-11-19(12-8-17)22(2)3)18-9-13-20(14-10-18)23(4)5/h7-16,21H,6H2,1-5H3/t16-/m1/s1. The Balaban J connectivity index is 2.42. The number of hydrogen-bond acceptors (Lipinski definition) is 3. The molecule has 128 valence electrons. The molecule has 0 N–H and O–H groups in total. The highest BCUT2D eigenvalue weighted by Crippen LogP contribution is 2.34. The highest BCUT2D eigenvalue weighted by atomic mass is 16.1. The highest BCUT2D eigenvalue weighted by molar-refractivity contribution is 5.60. The summed E-state index contributed by atoms with van der Waals surface area (Å²) in [5.41, 5.74) is 4.72. The van der Waals surface area contributed by atoms with Crippen molar-refractivity contribution in [1.29, 1.82) is 0 Å². The topological polar surface area (TPSA) is 23.6 Å². The van der Waals surface area contributed by atoms with Crippen molar-refractivity contribution in [1.82, 2.24) is 0 Å². The molecule has 2 aromatic carbocycles. The van der Waals surface area contributed by atoms with Crippen LogP contribution in [-0.2, 0) is 4.79 Å². The molecule has 0 fully saturated rings. The van der Waals surface area contributed by atoms with Gasteiger partial charge >= 0.3 is 0 Å². The normalized spacial score (nSPS) is 12.1. The summed E-state index contributed by atoms with van der Waals surface area (Å²) in [4.78, 5) is 15.8. The summed E-state index contributed by atoms with van der Waals surface area (Å²) in [6.07, 6.45) is 1.93. The SMILES string of the molecule is CC[C@H](C=O)C(c1ccc(N(C)C)cc1)c1ccc(N(C)C)cc1. The summed E-state index contributed by atoms with van der Waals surface area (Å²) in [6.45, 7) is 2.08. The second kappa shape index (κ2) is 8.00. The third-order valence-electron chi connectivity index (χ3n) is 4.61. The Morgan fingerprint density at radius 1 is 0.792 bits per heavy atom. The molecule has 0 bridgehead atoms. The van der Waals surface area contributed by atoms with Crippen molar-refractivity contribution in [3.05, 3.63) is 59.7 Å². The van der Waals surface area contributed by atoms with Crippen LogP contribution in [0.15, 0.2) is 48.5 Å². The molecule has 0 spiro atoms. The summed E-state index contributed by atoms with van der Waals surface area (Å²) >= 11 is 0. The second-order valence-electron chi connectivity index (χ2n) is 6.66. The van der Waals surface area contributed by atoms with Gasteiger partial charge in [0.2, 0.25) is 0 Å². The molecule has 0 heterocycles. The number of benzene rings is 2. The van der Waals surface area contributed by atoms with Crippen molar-refractivity contribution < 1.29 is 4.79 Å². The Kier molecular flexibility index (Phi) is 6.02. The fraction of sp³-hybridized carbons (Fsp3) is 0.381. The van der Waals surface area contributed by atoms with Crippen LogP contribution in [0.2, 0.25) is 0 Å². The van der Waals surface area contributed by atoms with E-state index in [1.807, 2.05) is 28.2 Å². The van der Waals surface area contributed by atoms with E-state index in [1.165, 1.54) is 22.5 Å². The lowest BCUT2D eigenvalue weighted by atomic mass is 9.80. The van der Waals surface area contributed by atoms with E-state index in [2.05, 4.69) is 65.3 Å². The number of nitrogens with zero attached hydrogens (tertiary/aromatic N) is 2. The number of rotatable bonds is 7. The van der Waals surface area contributed by atoms with Crippen LogP contribution >= 0.6 is 0 Å². The van der Waals surface area contributed by atoms with Crippen molar-refractivity contribution in [2.45, 2.75) is 19.3 Å². The van der Waals surface area contributed by atoms with Crippen molar-refractivity contribution >= 4 is 17.7 Å². The average Bonchev–Trinajstić information content (AvgIpc) is 2.59. The first kappa shape index (κ1) is 18.1. The minimum absolute atomic E-state index is 0.0135. The Morgan fingerprint density at radius 2 is 1.17 bits per heavy atom. The van der Waals surface area contributed by atoms with E-state index in [-0.39, 0.29) is 11.8 Å². The van der Waals surface area contributed by atoms with E-state index in [9.17, 15) is 4.79 Å². The van der Waals surface area contributed by atoms with E-state index in [4.69, 9.17) is 0 Å². The quantitative estimate of drug-likeness (QED) is 0.714. The first-order chi connectivity index (χ1) is 11.5. The van der Waals surface area contributed by atoms with Gasteiger partial charge in [-0.15, -0.1) is 0 Å². The Hall–Kier alpha value is -2.29. The van der Waals surface area contributed by atoms with E-state index < -0.39 is 0 Å². The summed E-state index contributed by atoms with van der Waals surface area (Å²) in [7, 11) is 8.14. The first-order valence-electron chi connectivity index (χ1n) is 8.47. The molecule has 3 nitrogen and oxygen atoms in total. The number of aldehydes is 1. The van der Waals surface area contributed by atoms with Crippen LogP contribution in [0.4, 0.5) is 11.4 Å². The molecule has 0 aliphatic heterocycles. The van der Waals surface area contributed by atoms with Gasteiger partial charge in [-0.05, 0) is 41.8 Å². The van der Waals surface area contributed by atoms with Crippen molar-refractivity contribution in [2.24, 2.45) is 5.92 Å². The Morgan fingerprint density at radius 3 is 1.42 bits per heavy atom. The van der Waals surface area contributed by atoms with Gasteiger partial charge in [0.05, 0.1) is 0 Å². The molecule has 0 aromatic heterocycles. The fourth-order valence-corrected chi connectivity index (χ4v) is 3.06. The molecular weight excluding hydrogens is 296 g/mol. The van der Waals surface area contributed by atoms with Gasteiger partial charge < -0.3 is 14.6 Å². The lowest BCUT2D eigenvalue weighted by Gasteiger charge is -2.25. The summed E-state index contributed by atoms with van der Waals surface area (Å²) in [5, 5.41) is 0. The maximum absolute atomic E-state index is 11.7. The van der Waals surface area contributed by atoms with E-state index >= 15 is 0 Å². The molecule has 1 atom stereocenters. The van der Waals surface area contributed by atoms with Crippen LogP contribution in [0.25, 0.3) is 0 Å². The largest absolute Gasteiger partial charge is 0.378 e. The average molecular weight is 324 g/mol. The molecular formula is C21H28N2O. The number of hydrogen-bond donors (Lipinski definition) is 0. The second-order valence-corrected chi connectivity index (χ2v) is 6.66. The van der Waals surface area contributed by atoms with E-state index in [0.29, 0.717) is 0 Å². The zero-order valence-electron chi connectivity index (χ0n) is 15.4. The van der Waals surface area contributed by atoms with Crippen LogP contribution < -0.4 is 9.80 Å². The maximum Gasteiger partial charge on any atom is 0.124 e. The molecule has 24 heavy (non-hydrogen) atoms. The maximum atomic E-state index is 11.7. The summed E-state index contributed by atoms with van der Waals surface area (Å²) in [5.74, 6) is 0.0836. The summed E-state index contributed by atoms with van der Waals surface area (Å²) in [6, 6.07) is 17.1. The van der Waals surface area contributed by atoms with Crippen molar-refractivity contribution in [3.63, 3.8) is 0 Å². The van der Waals surface area contributed by atoms with Crippen molar-refractivity contribution in [3.8, 4) is 0 Å². The minimum atomic E-state index is -0.0135. The molecule has 0 saturated carbocycles. The third-order valence-corrected chi connectivity index (χ3v) is 4.61. The molecule has 0 saturated heterocycles. The highest BCUT2D eigenvalue weighted by Gasteiger charge is 2.23. The fourth-order valence-electron chi connectivity index (χ4n) is 3.06. The van der Waals surface area contributed by atoms with Crippen LogP contribution in [0, 0.1) is 5.92 Å². The summed E-state index contributed by atoms with van der Waals surface area (Å²) < 4.78 is 0. The molecule has 2 rings (SSSR count). The lowest BCUT2D eigenvalue weighted by molar-refractivity contribution is -0.111. The van der Waals surface area contributed by atoms with Gasteiger partial charge in [-0.1, -0.05) is 31.2 Å². The Labute approximate surface area is 145 Å². The van der Waals surface area contributed by atoms with Crippen LogP contribution in [0.5, 0.6) is 0 Å². The predicted octanol–water partition coefficient (Wildman–Crippen LogP) is 4.18. The van der Waals surface area contributed by atoms with E-state index in [0.717, 1.165) is 12.7 Å². The lowest BCUT2D eigenvalue weighted by Crippen LogP contribution is -2.16. The smallest absolute Gasteiger partial charge is 0.124 e. The van der Waals surface area contributed by atoms with Gasteiger partial charge in [0.25, 0.3) is 0 Å². The monoisotopic (exact) mass is 324 g/mol. The molecule has 2 aromatic rings. The van der Waals surface area contributed by atoms with Gasteiger partial charge in [-0.25, -0.2) is 0 Å². The van der Waals surface area contributed by atoms with Crippen LogP contribution in [0.3, 0.4) is 0 Å². The zero-order valence-corrected chi connectivity index (χ0v) is 15.4. The van der Waals surface area contributed by atoms with Crippen LogP contribution in [-0.4, -0.2) is 34.5 Å². The number of anilines is 2. The molecule has 0 radical (unpaired) electrons. The number of carbonyl (C=O) groups is 1. The first-order valence-corrected chi connectivity index (χ1v) is 8.47. The van der Waals surface area contributed by atoms with E-state index in [1.54, 1.807) is 0 Å². The van der Waals surface area contributed by atoms with Gasteiger partial charge in [0, 0.05) is 51.4 Å². The Bertz CT molecular complexity index is 593. The molecule has 0 unspecified atom stereocenters. The van der Waals surface area contributed by atoms with Gasteiger partial charge in [-0.3, -0.25) is 0 Å². The number of carbonyl (C=O) groups excluding carboxylic acids is 1. The molecule has 3 heteroatoms. The molecule has 0 amide bonds. The molecule has 0 aliphatic carbocycles. The van der Waals surface area contributed by atoms with Gasteiger partial charge in [0.1, 0.15) is 6.29 Å². The third kappa shape index (κ3) is 3.97. The zero-order chi connectivity index (χ0) is 17.7. The van der Waals surface area contributed by atoms with Crippen LogP contribution in [0.1, 0.15) is 30.4 Å². The molecule has 0 aliphatic rings. The van der Waals surface area contributed by atoms with Gasteiger partial charge in [-0.2, -0.15) is 0 Å².